The van der Waals surface area contributed by atoms with E-state index in [0.717, 1.165) is 0 Å². The zero-order valence-electron chi connectivity index (χ0n) is 8.93. The number of imide groups is 1. The minimum atomic E-state index is -0.247. The lowest BCUT2D eigenvalue weighted by atomic mass is 9.82. The Morgan fingerprint density at radius 2 is 1.93 bits per heavy atom. The van der Waals surface area contributed by atoms with Gasteiger partial charge in [0.2, 0.25) is 11.8 Å². The molecule has 1 fully saturated rings. The van der Waals surface area contributed by atoms with Crippen LogP contribution < -0.4 is 0 Å². The number of carbonyl (C=O) groups is 2. The van der Waals surface area contributed by atoms with E-state index in [9.17, 15) is 9.59 Å². The standard InChI is InChI=1S/C9H14N4O2/c1-9(2)5-7(14)13(8(15)6-9)4-3-11-12-10/h3-6H2,1-2H3. The Morgan fingerprint density at radius 3 is 2.40 bits per heavy atom. The van der Waals surface area contributed by atoms with Crippen LogP contribution >= 0.6 is 0 Å². The third kappa shape index (κ3) is 2.95. The van der Waals surface area contributed by atoms with Crippen molar-refractivity contribution < 1.29 is 9.59 Å². The molecule has 0 unspecified atom stereocenters. The molecule has 0 aliphatic carbocycles. The number of azide groups is 1. The van der Waals surface area contributed by atoms with Crippen molar-refractivity contribution in [2.24, 2.45) is 10.5 Å². The highest BCUT2D eigenvalue weighted by atomic mass is 16.2. The Labute approximate surface area is 87.9 Å². The maximum Gasteiger partial charge on any atom is 0.229 e. The first kappa shape index (κ1) is 11.5. The SMILES string of the molecule is CC1(C)CC(=O)N(CCN=[N+]=[N-])C(=O)C1. The molecule has 0 spiro atoms. The molecule has 0 saturated carbocycles. The molecule has 1 aliphatic heterocycles. The smallest absolute Gasteiger partial charge is 0.229 e. The van der Waals surface area contributed by atoms with Crippen molar-refractivity contribution in [2.75, 3.05) is 13.1 Å². The molecular weight excluding hydrogens is 196 g/mol. The molecule has 0 radical (unpaired) electrons. The number of likely N-dealkylation sites (tertiary alicyclic amines) is 1. The van der Waals surface area contributed by atoms with Crippen molar-refractivity contribution in [2.45, 2.75) is 26.7 Å². The molecule has 15 heavy (non-hydrogen) atoms. The Balaban J connectivity index is 2.63. The van der Waals surface area contributed by atoms with Crippen LogP contribution in [0.1, 0.15) is 26.7 Å². The average molecular weight is 210 g/mol. The van der Waals surface area contributed by atoms with E-state index in [1.54, 1.807) is 0 Å². The molecule has 6 heteroatoms. The summed E-state index contributed by atoms with van der Waals surface area (Å²) >= 11 is 0. The van der Waals surface area contributed by atoms with E-state index >= 15 is 0 Å². The predicted octanol–water partition coefficient (Wildman–Crippen LogP) is 1.47. The van der Waals surface area contributed by atoms with Gasteiger partial charge in [-0.3, -0.25) is 14.5 Å². The predicted molar refractivity (Wildman–Crippen MR) is 53.7 cm³/mol. The number of carbonyl (C=O) groups excluding carboxylic acids is 2. The molecule has 2 amide bonds. The van der Waals surface area contributed by atoms with Crippen molar-refractivity contribution >= 4 is 11.8 Å². The zero-order chi connectivity index (χ0) is 11.5. The van der Waals surface area contributed by atoms with Crippen LogP contribution in [-0.2, 0) is 9.59 Å². The maximum atomic E-state index is 11.6. The Kier molecular flexibility index (Phi) is 3.31. The summed E-state index contributed by atoms with van der Waals surface area (Å²) in [6.07, 6.45) is 0.740. The summed E-state index contributed by atoms with van der Waals surface area (Å²) in [5.74, 6) is -0.353. The maximum absolute atomic E-state index is 11.6. The molecule has 6 nitrogen and oxygen atoms in total. The lowest BCUT2D eigenvalue weighted by molar-refractivity contribution is -0.152. The van der Waals surface area contributed by atoms with Crippen LogP contribution in [0.4, 0.5) is 0 Å². The molecule has 1 rings (SSSR count). The van der Waals surface area contributed by atoms with Gasteiger partial charge >= 0.3 is 0 Å². The van der Waals surface area contributed by atoms with Crippen molar-refractivity contribution in [3.63, 3.8) is 0 Å². The average Bonchev–Trinajstić information content (AvgIpc) is 2.08. The number of amides is 2. The Bertz CT molecular complexity index is 311. The fourth-order valence-corrected chi connectivity index (χ4v) is 1.65. The summed E-state index contributed by atoms with van der Waals surface area (Å²) < 4.78 is 0. The van der Waals surface area contributed by atoms with Gasteiger partial charge in [0, 0.05) is 30.8 Å². The van der Waals surface area contributed by atoms with E-state index in [1.807, 2.05) is 13.8 Å². The first-order valence-electron chi connectivity index (χ1n) is 4.80. The topological polar surface area (TPSA) is 86.1 Å². The van der Waals surface area contributed by atoms with Gasteiger partial charge < -0.3 is 0 Å². The summed E-state index contributed by atoms with van der Waals surface area (Å²) in [6.45, 7) is 4.13. The van der Waals surface area contributed by atoms with Crippen LogP contribution in [-0.4, -0.2) is 29.8 Å². The Hall–Kier alpha value is -1.55. The molecule has 0 bridgehead atoms. The van der Waals surface area contributed by atoms with Gasteiger partial charge in [0.15, 0.2) is 0 Å². The third-order valence-electron chi connectivity index (χ3n) is 2.35. The lowest BCUT2D eigenvalue weighted by Crippen LogP contribution is -2.47. The quantitative estimate of drug-likeness (QED) is 0.305. The fourth-order valence-electron chi connectivity index (χ4n) is 1.65. The monoisotopic (exact) mass is 210 g/mol. The van der Waals surface area contributed by atoms with Crippen LogP contribution in [0, 0.1) is 5.41 Å². The van der Waals surface area contributed by atoms with Gasteiger partial charge in [-0.05, 0) is 10.9 Å². The molecule has 1 aliphatic rings. The minimum absolute atomic E-state index is 0.147. The second kappa shape index (κ2) is 4.31. The van der Waals surface area contributed by atoms with Crippen molar-refractivity contribution in [3.05, 3.63) is 10.4 Å². The summed E-state index contributed by atoms with van der Waals surface area (Å²) in [7, 11) is 0. The van der Waals surface area contributed by atoms with Gasteiger partial charge in [0.1, 0.15) is 0 Å². The van der Waals surface area contributed by atoms with Crippen LogP contribution in [0.5, 0.6) is 0 Å². The van der Waals surface area contributed by atoms with Gasteiger partial charge in [-0.1, -0.05) is 19.0 Å². The first-order chi connectivity index (χ1) is 6.96. The van der Waals surface area contributed by atoms with E-state index in [4.69, 9.17) is 5.53 Å². The Morgan fingerprint density at radius 1 is 1.40 bits per heavy atom. The highest BCUT2D eigenvalue weighted by molar-refractivity contribution is 5.98. The zero-order valence-corrected chi connectivity index (χ0v) is 8.93. The van der Waals surface area contributed by atoms with Crippen molar-refractivity contribution in [3.8, 4) is 0 Å². The molecule has 0 atom stereocenters. The highest BCUT2D eigenvalue weighted by Crippen LogP contribution is 2.31. The number of hydrogen-bond acceptors (Lipinski definition) is 3. The number of piperidine rings is 1. The fraction of sp³-hybridized carbons (Fsp3) is 0.778. The van der Waals surface area contributed by atoms with E-state index < -0.39 is 0 Å². The largest absolute Gasteiger partial charge is 0.282 e. The van der Waals surface area contributed by atoms with Crippen LogP contribution in [0.15, 0.2) is 5.11 Å². The van der Waals surface area contributed by atoms with Crippen molar-refractivity contribution in [1.82, 2.24) is 4.90 Å². The van der Waals surface area contributed by atoms with Crippen LogP contribution in [0.3, 0.4) is 0 Å². The molecule has 0 aromatic rings. The van der Waals surface area contributed by atoms with E-state index in [-0.39, 0.29) is 30.3 Å². The number of hydrogen-bond donors (Lipinski definition) is 0. The van der Waals surface area contributed by atoms with Crippen LogP contribution in [0.25, 0.3) is 10.4 Å². The van der Waals surface area contributed by atoms with E-state index in [0.29, 0.717) is 12.8 Å². The summed E-state index contributed by atoms with van der Waals surface area (Å²) in [5, 5.41) is 3.31. The molecule has 1 heterocycles. The summed E-state index contributed by atoms with van der Waals surface area (Å²) in [6, 6.07) is 0. The van der Waals surface area contributed by atoms with Gasteiger partial charge in [-0.15, -0.1) is 0 Å². The normalized spacial score (nSPS) is 20.0. The summed E-state index contributed by atoms with van der Waals surface area (Å²) in [5.41, 5.74) is 7.83. The molecule has 0 aromatic carbocycles. The van der Waals surface area contributed by atoms with Gasteiger partial charge in [0.05, 0.1) is 0 Å². The van der Waals surface area contributed by atoms with E-state index in [2.05, 4.69) is 10.0 Å². The van der Waals surface area contributed by atoms with Crippen LogP contribution in [0.2, 0.25) is 0 Å². The second-order valence-corrected chi connectivity index (χ2v) is 4.41. The van der Waals surface area contributed by atoms with Gasteiger partial charge in [-0.2, -0.15) is 0 Å². The number of rotatable bonds is 3. The van der Waals surface area contributed by atoms with Gasteiger partial charge in [-0.25, -0.2) is 0 Å². The van der Waals surface area contributed by atoms with Crippen molar-refractivity contribution in [1.29, 1.82) is 0 Å². The second-order valence-electron chi connectivity index (χ2n) is 4.41. The molecule has 82 valence electrons. The van der Waals surface area contributed by atoms with Gasteiger partial charge in [0.25, 0.3) is 0 Å². The summed E-state index contributed by atoms with van der Waals surface area (Å²) in [4.78, 5) is 26.9. The minimum Gasteiger partial charge on any atom is -0.282 e. The molecule has 0 N–H and O–H groups in total. The third-order valence-corrected chi connectivity index (χ3v) is 2.35. The molecule has 0 aromatic heterocycles. The first-order valence-corrected chi connectivity index (χ1v) is 4.80. The molecular formula is C9H14N4O2. The highest BCUT2D eigenvalue weighted by Gasteiger charge is 2.36. The van der Waals surface area contributed by atoms with E-state index in [1.165, 1.54) is 4.90 Å². The number of nitrogens with zero attached hydrogens (tertiary/aromatic N) is 4. The molecule has 1 saturated heterocycles. The lowest BCUT2D eigenvalue weighted by Gasteiger charge is -2.34.